The van der Waals surface area contributed by atoms with E-state index in [-0.39, 0.29) is 11.3 Å². The van der Waals surface area contributed by atoms with Gasteiger partial charge in [0.05, 0.1) is 5.52 Å². The van der Waals surface area contributed by atoms with E-state index in [2.05, 4.69) is 10.1 Å². The van der Waals surface area contributed by atoms with Crippen molar-refractivity contribution in [1.82, 2.24) is 14.6 Å². The first-order valence-corrected chi connectivity index (χ1v) is 4.44. The lowest BCUT2D eigenvalue weighted by Crippen LogP contribution is -2.09. The predicted molar refractivity (Wildman–Crippen MR) is 55.0 cm³/mol. The number of rotatable bonds is 0. The molecule has 0 aliphatic heterocycles. The SMILES string of the molecule is O=c1[nH]cnn2c1cc1c(O)cccc12. The van der Waals surface area contributed by atoms with Gasteiger partial charge in [0.2, 0.25) is 0 Å². The molecule has 0 radical (unpaired) electrons. The number of nitrogens with one attached hydrogen (secondary N) is 1. The minimum Gasteiger partial charge on any atom is -0.507 e. The normalized spacial score (nSPS) is 11.2. The highest BCUT2D eigenvalue weighted by Crippen LogP contribution is 2.25. The van der Waals surface area contributed by atoms with Crippen molar-refractivity contribution in [2.45, 2.75) is 0 Å². The van der Waals surface area contributed by atoms with E-state index in [4.69, 9.17) is 0 Å². The fourth-order valence-electron chi connectivity index (χ4n) is 1.71. The van der Waals surface area contributed by atoms with Gasteiger partial charge in [0.1, 0.15) is 17.6 Å². The van der Waals surface area contributed by atoms with Gasteiger partial charge in [-0.25, -0.2) is 4.52 Å². The van der Waals surface area contributed by atoms with Crippen molar-refractivity contribution in [3.05, 3.63) is 40.9 Å². The highest BCUT2D eigenvalue weighted by Gasteiger charge is 2.08. The Hall–Kier alpha value is -2.30. The van der Waals surface area contributed by atoms with Crippen LogP contribution in [0.5, 0.6) is 5.75 Å². The summed E-state index contributed by atoms with van der Waals surface area (Å²) in [6, 6.07) is 6.72. The van der Waals surface area contributed by atoms with E-state index in [0.717, 1.165) is 5.52 Å². The second-order valence-electron chi connectivity index (χ2n) is 3.27. The fraction of sp³-hybridized carbons (Fsp3) is 0. The number of hydrogen-bond donors (Lipinski definition) is 2. The molecule has 5 nitrogen and oxygen atoms in total. The number of phenols is 1. The molecule has 0 spiro atoms. The van der Waals surface area contributed by atoms with Gasteiger partial charge in [-0.15, -0.1) is 0 Å². The number of aromatic nitrogens is 3. The zero-order valence-electron chi connectivity index (χ0n) is 7.64. The molecule has 0 saturated carbocycles. The van der Waals surface area contributed by atoms with E-state index in [1.807, 2.05) is 0 Å². The number of aromatic amines is 1. The molecule has 0 atom stereocenters. The highest BCUT2D eigenvalue weighted by atomic mass is 16.3. The molecule has 2 aromatic heterocycles. The van der Waals surface area contributed by atoms with Crippen LogP contribution in [-0.2, 0) is 0 Å². The Morgan fingerprint density at radius 1 is 1.33 bits per heavy atom. The van der Waals surface area contributed by atoms with E-state index < -0.39 is 0 Å². The molecule has 0 unspecified atom stereocenters. The second-order valence-corrected chi connectivity index (χ2v) is 3.27. The molecular weight excluding hydrogens is 194 g/mol. The van der Waals surface area contributed by atoms with Crippen LogP contribution >= 0.6 is 0 Å². The summed E-state index contributed by atoms with van der Waals surface area (Å²) in [6.45, 7) is 0. The first-order chi connectivity index (χ1) is 7.27. The Morgan fingerprint density at radius 3 is 3.07 bits per heavy atom. The summed E-state index contributed by atoms with van der Waals surface area (Å²) in [6.07, 6.45) is 1.33. The monoisotopic (exact) mass is 201 g/mol. The van der Waals surface area contributed by atoms with Crippen molar-refractivity contribution >= 4 is 16.4 Å². The lowest BCUT2D eigenvalue weighted by Gasteiger charge is -1.94. The number of benzene rings is 1. The maximum absolute atomic E-state index is 11.5. The molecule has 1 aromatic carbocycles. The average molecular weight is 201 g/mol. The molecule has 3 rings (SSSR count). The van der Waals surface area contributed by atoms with Crippen molar-refractivity contribution in [2.24, 2.45) is 0 Å². The van der Waals surface area contributed by atoms with Gasteiger partial charge in [0.15, 0.2) is 0 Å². The average Bonchev–Trinajstić information content (AvgIpc) is 2.60. The number of phenolic OH excluding ortho intramolecular Hbond substituents is 1. The Bertz CT molecular complexity index is 711. The molecule has 0 amide bonds. The zero-order chi connectivity index (χ0) is 10.4. The molecule has 0 aliphatic rings. The molecule has 2 heterocycles. The Balaban J connectivity index is 2.69. The number of hydrogen-bond acceptors (Lipinski definition) is 3. The highest BCUT2D eigenvalue weighted by molar-refractivity contribution is 5.91. The third-order valence-corrected chi connectivity index (χ3v) is 2.40. The van der Waals surface area contributed by atoms with E-state index >= 15 is 0 Å². The van der Waals surface area contributed by atoms with E-state index in [1.54, 1.807) is 24.3 Å². The van der Waals surface area contributed by atoms with E-state index in [0.29, 0.717) is 10.9 Å². The molecule has 15 heavy (non-hydrogen) atoms. The molecule has 0 bridgehead atoms. The van der Waals surface area contributed by atoms with Gasteiger partial charge in [-0.3, -0.25) is 4.79 Å². The number of aromatic hydroxyl groups is 1. The van der Waals surface area contributed by atoms with Crippen molar-refractivity contribution in [3.8, 4) is 5.75 Å². The minimum absolute atomic E-state index is 0.150. The Labute approximate surface area is 83.6 Å². The molecule has 74 valence electrons. The minimum atomic E-state index is -0.222. The van der Waals surface area contributed by atoms with Crippen LogP contribution in [0.2, 0.25) is 0 Å². The number of nitrogens with zero attached hydrogens (tertiary/aromatic N) is 2. The smallest absolute Gasteiger partial charge is 0.275 e. The maximum atomic E-state index is 11.5. The molecule has 2 N–H and O–H groups in total. The largest absolute Gasteiger partial charge is 0.507 e. The van der Waals surface area contributed by atoms with Crippen LogP contribution in [0.1, 0.15) is 0 Å². The number of fused-ring (bicyclic) bond motifs is 3. The second kappa shape index (κ2) is 2.60. The zero-order valence-corrected chi connectivity index (χ0v) is 7.64. The van der Waals surface area contributed by atoms with Crippen LogP contribution in [0.15, 0.2) is 35.4 Å². The van der Waals surface area contributed by atoms with Crippen LogP contribution in [0.25, 0.3) is 16.4 Å². The predicted octanol–water partition coefficient (Wildman–Crippen LogP) is 0.881. The summed E-state index contributed by atoms with van der Waals surface area (Å²) < 4.78 is 1.51. The third kappa shape index (κ3) is 0.969. The van der Waals surface area contributed by atoms with Gasteiger partial charge in [-0.05, 0) is 18.2 Å². The van der Waals surface area contributed by atoms with E-state index in [9.17, 15) is 9.90 Å². The molecule has 0 aliphatic carbocycles. The molecule has 0 saturated heterocycles. The molecule has 0 fully saturated rings. The van der Waals surface area contributed by atoms with Crippen molar-refractivity contribution < 1.29 is 5.11 Å². The number of H-pyrrole nitrogens is 1. The Morgan fingerprint density at radius 2 is 2.20 bits per heavy atom. The first kappa shape index (κ1) is 8.05. The van der Waals surface area contributed by atoms with Crippen LogP contribution in [-0.4, -0.2) is 19.7 Å². The topological polar surface area (TPSA) is 70.4 Å². The van der Waals surface area contributed by atoms with E-state index in [1.165, 1.54) is 10.8 Å². The summed E-state index contributed by atoms with van der Waals surface area (Å²) >= 11 is 0. The summed E-state index contributed by atoms with van der Waals surface area (Å²) in [5, 5.41) is 14.3. The van der Waals surface area contributed by atoms with Gasteiger partial charge in [0.25, 0.3) is 5.56 Å². The van der Waals surface area contributed by atoms with Gasteiger partial charge in [-0.1, -0.05) is 6.07 Å². The summed E-state index contributed by atoms with van der Waals surface area (Å²) in [7, 11) is 0. The lowest BCUT2D eigenvalue weighted by atomic mass is 10.2. The maximum Gasteiger partial charge on any atom is 0.275 e. The van der Waals surface area contributed by atoms with Gasteiger partial charge >= 0.3 is 0 Å². The quantitative estimate of drug-likeness (QED) is 0.567. The summed E-state index contributed by atoms with van der Waals surface area (Å²) in [5.74, 6) is 0.150. The summed E-state index contributed by atoms with van der Waals surface area (Å²) in [4.78, 5) is 13.9. The van der Waals surface area contributed by atoms with Crippen molar-refractivity contribution in [2.75, 3.05) is 0 Å². The fourth-order valence-corrected chi connectivity index (χ4v) is 1.71. The van der Waals surface area contributed by atoms with Crippen molar-refractivity contribution in [1.29, 1.82) is 0 Å². The van der Waals surface area contributed by atoms with Crippen LogP contribution < -0.4 is 5.56 Å². The molecule has 5 heteroatoms. The van der Waals surface area contributed by atoms with Gasteiger partial charge in [-0.2, -0.15) is 5.10 Å². The van der Waals surface area contributed by atoms with Crippen LogP contribution in [0, 0.1) is 0 Å². The Kier molecular flexibility index (Phi) is 1.39. The molecule has 3 aromatic rings. The van der Waals surface area contributed by atoms with Crippen LogP contribution in [0.3, 0.4) is 0 Å². The third-order valence-electron chi connectivity index (χ3n) is 2.40. The van der Waals surface area contributed by atoms with Crippen molar-refractivity contribution in [3.63, 3.8) is 0 Å². The molecular formula is C10H7N3O2. The summed E-state index contributed by atoms with van der Waals surface area (Å²) in [5.41, 5.74) is 0.922. The lowest BCUT2D eigenvalue weighted by molar-refractivity contribution is 0.481. The first-order valence-electron chi connectivity index (χ1n) is 4.44. The standard InChI is InChI=1S/C10H7N3O2/c14-9-3-1-2-7-6(9)4-8-10(15)11-5-12-13(7)8/h1-5,14H,(H,11,12,15). The van der Waals surface area contributed by atoms with Gasteiger partial charge in [0, 0.05) is 5.39 Å². The van der Waals surface area contributed by atoms with Gasteiger partial charge < -0.3 is 10.1 Å². The van der Waals surface area contributed by atoms with Crippen LogP contribution in [0.4, 0.5) is 0 Å².